The van der Waals surface area contributed by atoms with E-state index >= 15 is 0 Å². The summed E-state index contributed by atoms with van der Waals surface area (Å²) in [7, 11) is 1.71. The van der Waals surface area contributed by atoms with Crippen molar-refractivity contribution >= 4 is 16.8 Å². The first-order valence-corrected chi connectivity index (χ1v) is 8.01. The van der Waals surface area contributed by atoms with E-state index in [0.29, 0.717) is 25.4 Å². The molecule has 4 rings (SSSR count). The van der Waals surface area contributed by atoms with Gasteiger partial charge in [-0.15, -0.1) is 0 Å². The number of methoxy groups -OCH3 is 1. The van der Waals surface area contributed by atoms with E-state index in [9.17, 15) is 4.79 Å². The highest BCUT2D eigenvalue weighted by Gasteiger charge is 2.47. The molecule has 0 aliphatic carbocycles. The number of hydrogen-bond acceptors (Lipinski definition) is 4. The summed E-state index contributed by atoms with van der Waals surface area (Å²) in [5, 5.41) is 1.05. The predicted octanol–water partition coefficient (Wildman–Crippen LogP) is 2.25. The molecular formula is C18H20N2O3. The molecule has 0 saturated carbocycles. The number of amides is 1. The quantitative estimate of drug-likeness (QED) is 0.853. The lowest BCUT2D eigenvalue weighted by atomic mass is 9.98. The highest BCUT2D eigenvalue weighted by molar-refractivity contribution is 5.95. The van der Waals surface area contributed by atoms with Crippen LogP contribution in [0.5, 0.6) is 0 Å². The lowest BCUT2D eigenvalue weighted by Gasteiger charge is -2.23. The molecular weight excluding hydrogens is 292 g/mol. The molecule has 2 aliphatic heterocycles. The van der Waals surface area contributed by atoms with Crippen LogP contribution in [0.4, 0.5) is 0 Å². The fourth-order valence-electron chi connectivity index (χ4n) is 3.60. The molecule has 5 heteroatoms. The van der Waals surface area contributed by atoms with E-state index in [4.69, 9.17) is 9.47 Å². The molecule has 120 valence electrons. The van der Waals surface area contributed by atoms with E-state index in [2.05, 4.69) is 4.98 Å². The smallest absolute Gasteiger partial charge is 0.272 e. The maximum Gasteiger partial charge on any atom is 0.272 e. The number of likely N-dealkylation sites (tertiary alicyclic amines) is 1. The fourth-order valence-corrected chi connectivity index (χ4v) is 3.60. The Kier molecular flexibility index (Phi) is 3.54. The number of carbonyl (C=O) groups is 1. The Morgan fingerprint density at radius 1 is 1.35 bits per heavy atom. The van der Waals surface area contributed by atoms with Crippen molar-refractivity contribution in [2.75, 3.05) is 26.8 Å². The summed E-state index contributed by atoms with van der Waals surface area (Å²) in [6.07, 6.45) is 1.87. The molecule has 1 aromatic heterocycles. The molecule has 2 aromatic rings. The summed E-state index contributed by atoms with van der Waals surface area (Å²) in [4.78, 5) is 19.1. The van der Waals surface area contributed by atoms with Crippen molar-refractivity contribution in [3.05, 3.63) is 42.1 Å². The number of hydrogen-bond donors (Lipinski definition) is 0. The van der Waals surface area contributed by atoms with Gasteiger partial charge in [-0.05, 0) is 18.6 Å². The van der Waals surface area contributed by atoms with Crippen LogP contribution in [0.25, 0.3) is 10.9 Å². The third-order valence-corrected chi connectivity index (χ3v) is 4.93. The monoisotopic (exact) mass is 312 g/mol. The summed E-state index contributed by atoms with van der Waals surface area (Å²) < 4.78 is 11.3. The van der Waals surface area contributed by atoms with Crippen LogP contribution in [0.2, 0.25) is 0 Å². The molecule has 2 unspecified atom stereocenters. The van der Waals surface area contributed by atoms with E-state index < -0.39 is 0 Å². The van der Waals surface area contributed by atoms with E-state index in [1.807, 2.05) is 41.3 Å². The highest BCUT2D eigenvalue weighted by atomic mass is 16.6. The topological polar surface area (TPSA) is 51.7 Å². The Balaban J connectivity index is 1.53. The second-order valence-corrected chi connectivity index (χ2v) is 6.42. The number of nitrogens with zero attached hydrogens (tertiary/aromatic N) is 2. The van der Waals surface area contributed by atoms with Crippen molar-refractivity contribution in [2.45, 2.75) is 24.5 Å². The second kappa shape index (κ2) is 5.58. The van der Waals surface area contributed by atoms with Crippen LogP contribution in [0.3, 0.4) is 0 Å². The van der Waals surface area contributed by atoms with Crippen molar-refractivity contribution in [2.24, 2.45) is 0 Å². The van der Waals surface area contributed by atoms with Gasteiger partial charge in [0.1, 0.15) is 5.69 Å². The van der Waals surface area contributed by atoms with Crippen LogP contribution in [0.1, 0.15) is 23.3 Å². The minimum atomic E-state index is -0.229. The van der Waals surface area contributed by atoms with Crippen molar-refractivity contribution in [1.29, 1.82) is 0 Å². The van der Waals surface area contributed by atoms with Gasteiger partial charge in [-0.2, -0.15) is 0 Å². The van der Waals surface area contributed by atoms with Crippen molar-refractivity contribution in [1.82, 2.24) is 9.88 Å². The van der Waals surface area contributed by atoms with Crippen LogP contribution >= 0.6 is 0 Å². The van der Waals surface area contributed by atoms with Crippen LogP contribution in [0, 0.1) is 0 Å². The average Bonchev–Trinajstić information content (AvgIpc) is 3.21. The number of aromatic nitrogens is 1. The molecule has 0 bridgehead atoms. The first-order chi connectivity index (χ1) is 11.2. The summed E-state index contributed by atoms with van der Waals surface area (Å²) >= 11 is 0. The molecule has 1 amide bonds. The van der Waals surface area contributed by atoms with Gasteiger partial charge < -0.3 is 14.4 Å². The van der Waals surface area contributed by atoms with Gasteiger partial charge in [0, 0.05) is 25.5 Å². The molecule has 0 N–H and O–H groups in total. The van der Waals surface area contributed by atoms with Gasteiger partial charge in [-0.1, -0.05) is 24.3 Å². The number of fused-ring (bicyclic) bond motifs is 1. The molecule has 0 radical (unpaired) electrons. The molecule has 2 fully saturated rings. The lowest BCUT2D eigenvalue weighted by molar-refractivity contribution is 0.00698. The molecule has 3 heterocycles. The summed E-state index contributed by atoms with van der Waals surface area (Å²) in [6.45, 7) is 1.96. The minimum Gasteiger partial charge on any atom is -0.379 e. The maximum absolute atomic E-state index is 12.8. The molecule has 5 nitrogen and oxygen atoms in total. The van der Waals surface area contributed by atoms with Gasteiger partial charge in [0.2, 0.25) is 0 Å². The van der Waals surface area contributed by atoms with E-state index in [-0.39, 0.29) is 17.6 Å². The van der Waals surface area contributed by atoms with Gasteiger partial charge in [0.25, 0.3) is 5.91 Å². The molecule has 1 spiro atoms. The van der Waals surface area contributed by atoms with Gasteiger partial charge in [-0.25, -0.2) is 4.98 Å². The zero-order valence-corrected chi connectivity index (χ0v) is 13.2. The van der Waals surface area contributed by atoms with Crippen molar-refractivity contribution in [3.63, 3.8) is 0 Å². The normalized spacial score (nSPS) is 27.2. The largest absolute Gasteiger partial charge is 0.379 e. The number of para-hydroxylation sites is 1. The summed E-state index contributed by atoms with van der Waals surface area (Å²) in [6, 6.07) is 11.6. The van der Waals surface area contributed by atoms with Crippen molar-refractivity contribution in [3.8, 4) is 0 Å². The third-order valence-electron chi connectivity index (χ3n) is 4.93. The number of benzene rings is 1. The Hall–Kier alpha value is -1.98. The standard InChI is InChI=1S/C18H20N2O3/c1-22-14-10-18(23-11-14)8-9-20(12-18)17(21)16-7-6-13-4-2-3-5-15(13)19-16/h2-7,14H,8-12H2,1H3. The molecule has 1 aromatic carbocycles. The van der Waals surface area contributed by atoms with Gasteiger partial charge in [0.15, 0.2) is 0 Å². The number of pyridine rings is 1. The fraction of sp³-hybridized carbons (Fsp3) is 0.444. The highest BCUT2D eigenvalue weighted by Crippen LogP contribution is 2.36. The third kappa shape index (κ3) is 2.60. The van der Waals surface area contributed by atoms with E-state index in [0.717, 1.165) is 23.7 Å². The SMILES string of the molecule is COC1COC2(CCN(C(=O)c3ccc4ccccc4n3)C2)C1. The first kappa shape index (κ1) is 14.6. The Morgan fingerprint density at radius 2 is 2.22 bits per heavy atom. The van der Waals surface area contributed by atoms with Gasteiger partial charge in [-0.3, -0.25) is 4.79 Å². The maximum atomic E-state index is 12.8. The molecule has 2 aliphatic rings. The molecule has 23 heavy (non-hydrogen) atoms. The Labute approximate surface area is 135 Å². The summed E-state index contributed by atoms with van der Waals surface area (Å²) in [5.41, 5.74) is 1.12. The molecule has 2 atom stereocenters. The number of carbonyl (C=O) groups excluding carboxylic acids is 1. The van der Waals surface area contributed by atoms with E-state index in [1.54, 1.807) is 7.11 Å². The van der Waals surface area contributed by atoms with Crippen LogP contribution < -0.4 is 0 Å². The first-order valence-electron chi connectivity index (χ1n) is 8.01. The zero-order chi connectivity index (χ0) is 15.9. The molecule has 2 saturated heterocycles. The van der Waals surface area contributed by atoms with Crippen LogP contribution in [-0.4, -0.2) is 54.3 Å². The number of rotatable bonds is 2. The number of ether oxygens (including phenoxy) is 2. The van der Waals surface area contributed by atoms with E-state index in [1.165, 1.54) is 0 Å². The van der Waals surface area contributed by atoms with Gasteiger partial charge in [0.05, 0.1) is 30.4 Å². The van der Waals surface area contributed by atoms with Crippen LogP contribution in [0.15, 0.2) is 36.4 Å². The minimum absolute atomic E-state index is 0.0166. The Morgan fingerprint density at radius 3 is 3.04 bits per heavy atom. The van der Waals surface area contributed by atoms with Crippen molar-refractivity contribution < 1.29 is 14.3 Å². The van der Waals surface area contributed by atoms with Gasteiger partial charge >= 0.3 is 0 Å². The Bertz CT molecular complexity index is 748. The second-order valence-electron chi connectivity index (χ2n) is 6.42. The predicted molar refractivity (Wildman–Crippen MR) is 86.4 cm³/mol. The zero-order valence-electron chi connectivity index (χ0n) is 13.2. The average molecular weight is 312 g/mol. The lowest BCUT2D eigenvalue weighted by Crippen LogP contribution is -2.36. The van der Waals surface area contributed by atoms with Crippen LogP contribution in [-0.2, 0) is 9.47 Å². The summed E-state index contributed by atoms with van der Waals surface area (Å²) in [5.74, 6) is -0.0166.